The molecule has 96 valence electrons. The molecular formula is C10H21NO5. The number of hydrogen-bond donors (Lipinski definition) is 1. The summed E-state index contributed by atoms with van der Waals surface area (Å²) in [6, 6.07) is 0. The monoisotopic (exact) mass is 235 g/mol. The molecule has 0 aliphatic rings. The lowest BCUT2D eigenvalue weighted by Crippen LogP contribution is -2.14. The summed E-state index contributed by atoms with van der Waals surface area (Å²) in [7, 11) is 1.35. The van der Waals surface area contributed by atoms with Crippen LogP contribution in [-0.4, -0.2) is 59.3 Å². The van der Waals surface area contributed by atoms with Gasteiger partial charge in [-0.1, -0.05) is 0 Å². The first-order valence-electron chi connectivity index (χ1n) is 5.31. The van der Waals surface area contributed by atoms with Crippen molar-refractivity contribution in [3.63, 3.8) is 0 Å². The predicted octanol–water partition coefficient (Wildman–Crippen LogP) is -0.442. The zero-order valence-corrected chi connectivity index (χ0v) is 9.78. The van der Waals surface area contributed by atoms with Crippen LogP contribution in [-0.2, 0) is 23.7 Å². The van der Waals surface area contributed by atoms with Crippen molar-refractivity contribution in [1.82, 2.24) is 0 Å². The number of ether oxygens (including phenoxy) is 4. The first-order valence-corrected chi connectivity index (χ1v) is 5.31. The Bertz CT molecular complexity index is 165. The molecule has 0 radical (unpaired) electrons. The van der Waals surface area contributed by atoms with Gasteiger partial charge < -0.3 is 24.7 Å². The van der Waals surface area contributed by atoms with Gasteiger partial charge in [-0.15, -0.1) is 0 Å². The minimum absolute atomic E-state index is 0.267. The van der Waals surface area contributed by atoms with Crippen LogP contribution >= 0.6 is 0 Å². The first kappa shape index (κ1) is 15.3. The Balaban J connectivity index is 2.96. The van der Waals surface area contributed by atoms with Gasteiger partial charge in [0.25, 0.3) is 0 Å². The lowest BCUT2D eigenvalue weighted by atomic mass is 10.5. The molecule has 0 aliphatic carbocycles. The molecular weight excluding hydrogens is 214 g/mol. The number of hydrogen-bond acceptors (Lipinski definition) is 6. The number of carbonyl (C=O) groups excluding carboxylic acids is 1. The summed E-state index contributed by atoms with van der Waals surface area (Å²) < 4.78 is 19.9. The van der Waals surface area contributed by atoms with Gasteiger partial charge in [0.05, 0.1) is 53.2 Å². The second-order valence-corrected chi connectivity index (χ2v) is 2.95. The standard InChI is InChI=1S/C10H21NO5/c1-13-10(12)2-4-14-6-8-16-9-7-15-5-3-11/h2-9,11H2,1H3. The highest BCUT2D eigenvalue weighted by Gasteiger charge is 1.98. The summed E-state index contributed by atoms with van der Waals surface area (Å²) in [5.41, 5.74) is 5.24. The maximum atomic E-state index is 10.7. The average Bonchev–Trinajstić information content (AvgIpc) is 2.31. The Morgan fingerprint density at radius 2 is 1.44 bits per heavy atom. The number of nitrogens with two attached hydrogens (primary N) is 1. The molecule has 2 N–H and O–H groups in total. The summed E-state index contributed by atoms with van der Waals surface area (Å²) >= 11 is 0. The Morgan fingerprint density at radius 3 is 1.94 bits per heavy atom. The van der Waals surface area contributed by atoms with Gasteiger partial charge in [-0.25, -0.2) is 0 Å². The topological polar surface area (TPSA) is 80.0 Å². The van der Waals surface area contributed by atoms with E-state index in [1.807, 2.05) is 0 Å². The Hall–Kier alpha value is -0.690. The van der Waals surface area contributed by atoms with Crippen LogP contribution in [0.1, 0.15) is 6.42 Å². The van der Waals surface area contributed by atoms with Crippen LogP contribution in [0, 0.1) is 0 Å². The zero-order valence-electron chi connectivity index (χ0n) is 9.78. The highest BCUT2D eigenvalue weighted by molar-refractivity contribution is 5.69. The minimum atomic E-state index is -0.267. The van der Waals surface area contributed by atoms with Gasteiger partial charge in [-0.3, -0.25) is 4.79 Å². The van der Waals surface area contributed by atoms with Crippen LogP contribution in [0.3, 0.4) is 0 Å². The third-order valence-electron chi connectivity index (χ3n) is 1.68. The molecule has 0 saturated carbocycles. The van der Waals surface area contributed by atoms with Gasteiger partial charge in [-0.05, 0) is 0 Å². The van der Waals surface area contributed by atoms with Crippen molar-refractivity contribution in [1.29, 1.82) is 0 Å². The fraction of sp³-hybridized carbons (Fsp3) is 0.900. The second-order valence-electron chi connectivity index (χ2n) is 2.95. The van der Waals surface area contributed by atoms with Crippen molar-refractivity contribution < 1.29 is 23.7 Å². The quantitative estimate of drug-likeness (QED) is 0.386. The van der Waals surface area contributed by atoms with E-state index in [4.69, 9.17) is 19.9 Å². The highest BCUT2D eigenvalue weighted by atomic mass is 16.5. The summed E-state index contributed by atoms with van der Waals surface area (Å²) in [6.07, 6.45) is 0.274. The van der Waals surface area contributed by atoms with E-state index in [1.54, 1.807) is 0 Å². The van der Waals surface area contributed by atoms with Crippen LogP contribution in [0.5, 0.6) is 0 Å². The molecule has 0 bridgehead atoms. The van der Waals surface area contributed by atoms with E-state index in [-0.39, 0.29) is 12.4 Å². The molecule has 0 amide bonds. The fourth-order valence-corrected chi connectivity index (χ4v) is 0.883. The van der Waals surface area contributed by atoms with Crippen LogP contribution in [0.15, 0.2) is 0 Å². The van der Waals surface area contributed by atoms with Gasteiger partial charge in [0.1, 0.15) is 0 Å². The molecule has 0 fully saturated rings. The maximum Gasteiger partial charge on any atom is 0.307 e. The molecule has 0 saturated heterocycles. The van der Waals surface area contributed by atoms with Crippen molar-refractivity contribution in [2.75, 3.05) is 53.3 Å². The van der Waals surface area contributed by atoms with Crippen LogP contribution in [0.2, 0.25) is 0 Å². The molecule has 0 rings (SSSR count). The van der Waals surface area contributed by atoms with Gasteiger partial charge in [0.15, 0.2) is 0 Å². The smallest absolute Gasteiger partial charge is 0.307 e. The minimum Gasteiger partial charge on any atom is -0.469 e. The third kappa shape index (κ3) is 11.4. The average molecular weight is 235 g/mol. The Morgan fingerprint density at radius 1 is 0.938 bits per heavy atom. The summed E-state index contributed by atoms with van der Waals surface area (Å²) in [5, 5.41) is 0. The van der Waals surface area contributed by atoms with E-state index in [2.05, 4.69) is 4.74 Å². The fourth-order valence-electron chi connectivity index (χ4n) is 0.883. The number of esters is 1. The molecule has 0 unspecified atom stereocenters. The SMILES string of the molecule is COC(=O)CCOCCOCCOCCN. The van der Waals surface area contributed by atoms with Crippen molar-refractivity contribution in [2.45, 2.75) is 6.42 Å². The molecule has 6 nitrogen and oxygen atoms in total. The third-order valence-corrected chi connectivity index (χ3v) is 1.68. The predicted molar refractivity (Wildman–Crippen MR) is 58.1 cm³/mol. The molecule has 0 aromatic carbocycles. The Labute approximate surface area is 96.0 Å². The van der Waals surface area contributed by atoms with Crippen LogP contribution in [0.25, 0.3) is 0 Å². The highest BCUT2D eigenvalue weighted by Crippen LogP contribution is 1.86. The number of carbonyl (C=O) groups is 1. The Kier molecular flexibility index (Phi) is 11.8. The van der Waals surface area contributed by atoms with E-state index >= 15 is 0 Å². The number of methoxy groups -OCH3 is 1. The van der Waals surface area contributed by atoms with E-state index < -0.39 is 0 Å². The number of rotatable bonds is 11. The van der Waals surface area contributed by atoms with Crippen molar-refractivity contribution in [2.24, 2.45) is 5.73 Å². The molecule has 16 heavy (non-hydrogen) atoms. The second kappa shape index (κ2) is 12.4. The lowest BCUT2D eigenvalue weighted by Gasteiger charge is -2.05. The van der Waals surface area contributed by atoms with Crippen molar-refractivity contribution >= 4 is 5.97 Å². The molecule has 0 aromatic heterocycles. The molecule has 6 heteroatoms. The molecule has 0 heterocycles. The summed E-state index contributed by atoms with van der Waals surface area (Å²) in [5.74, 6) is -0.267. The van der Waals surface area contributed by atoms with Gasteiger partial charge >= 0.3 is 5.97 Å². The molecule has 0 aliphatic heterocycles. The first-order chi connectivity index (χ1) is 7.81. The summed E-state index contributed by atoms with van der Waals surface area (Å²) in [4.78, 5) is 10.7. The van der Waals surface area contributed by atoms with Crippen LogP contribution in [0.4, 0.5) is 0 Å². The summed E-state index contributed by atoms with van der Waals surface area (Å²) in [6.45, 7) is 3.47. The lowest BCUT2D eigenvalue weighted by molar-refractivity contribution is -0.141. The molecule has 0 spiro atoms. The van der Waals surface area contributed by atoms with Crippen molar-refractivity contribution in [3.8, 4) is 0 Å². The van der Waals surface area contributed by atoms with E-state index in [1.165, 1.54) is 7.11 Å². The molecule has 0 atom stereocenters. The van der Waals surface area contributed by atoms with E-state index in [0.29, 0.717) is 46.2 Å². The van der Waals surface area contributed by atoms with Gasteiger partial charge in [0, 0.05) is 6.54 Å². The van der Waals surface area contributed by atoms with Crippen molar-refractivity contribution in [3.05, 3.63) is 0 Å². The molecule has 0 aromatic rings. The van der Waals surface area contributed by atoms with E-state index in [9.17, 15) is 4.79 Å². The largest absolute Gasteiger partial charge is 0.469 e. The van der Waals surface area contributed by atoms with E-state index in [0.717, 1.165) is 0 Å². The van der Waals surface area contributed by atoms with Gasteiger partial charge in [0.2, 0.25) is 0 Å². The zero-order chi connectivity index (χ0) is 12.1. The normalized spacial score (nSPS) is 10.4. The van der Waals surface area contributed by atoms with Crippen LogP contribution < -0.4 is 5.73 Å². The maximum absolute atomic E-state index is 10.7. The van der Waals surface area contributed by atoms with Gasteiger partial charge in [-0.2, -0.15) is 0 Å².